The molecule has 2 unspecified atom stereocenters. The summed E-state index contributed by atoms with van der Waals surface area (Å²) in [4.78, 5) is 6.77. The lowest BCUT2D eigenvalue weighted by Gasteiger charge is -2.31. The van der Waals surface area contributed by atoms with E-state index in [0.717, 1.165) is 45.6 Å². The molecule has 1 aromatic heterocycles. The minimum absolute atomic E-state index is 0.438. The highest BCUT2D eigenvalue weighted by Gasteiger charge is 2.27. The molecule has 2 heterocycles. The zero-order valence-electron chi connectivity index (χ0n) is 21.1. The average molecular weight is 464 g/mol. The first-order valence-electron chi connectivity index (χ1n) is 13.0. The summed E-state index contributed by atoms with van der Waals surface area (Å²) >= 11 is 0. The van der Waals surface area contributed by atoms with Crippen LogP contribution in [0.2, 0.25) is 0 Å². The Labute approximate surface area is 210 Å². The number of pyridine rings is 1. The maximum atomic E-state index is 4.22. The molecule has 5 rings (SSSR count). The molecule has 180 valence electrons. The summed E-state index contributed by atoms with van der Waals surface area (Å²) in [5, 5.41) is 3.45. The molecule has 2 aromatic carbocycles. The third kappa shape index (κ3) is 5.98. The van der Waals surface area contributed by atoms with Crippen LogP contribution in [0.5, 0.6) is 0 Å². The number of nitrogens with zero attached hydrogens (tertiary/aromatic N) is 2. The molecule has 3 heteroatoms. The fourth-order valence-electron chi connectivity index (χ4n) is 5.55. The summed E-state index contributed by atoms with van der Waals surface area (Å²) in [7, 11) is 0. The van der Waals surface area contributed by atoms with Gasteiger partial charge in [0, 0.05) is 45.1 Å². The van der Waals surface area contributed by atoms with E-state index in [0.29, 0.717) is 11.8 Å². The van der Waals surface area contributed by atoms with Gasteiger partial charge in [-0.3, -0.25) is 9.88 Å². The van der Waals surface area contributed by atoms with Gasteiger partial charge in [0.25, 0.3) is 0 Å². The number of aryl methyl sites for hydroxylation is 2. The van der Waals surface area contributed by atoms with Crippen molar-refractivity contribution in [2.75, 3.05) is 26.2 Å². The van der Waals surface area contributed by atoms with Gasteiger partial charge < -0.3 is 5.32 Å². The zero-order chi connectivity index (χ0) is 24.0. The van der Waals surface area contributed by atoms with E-state index in [2.05, 4.69) is 102 Å². The average Bonchev–Trinajstić information content (AvgIpc) is 2.89. The Bertz CT molecular complexity index is 1170. The van der Waals surface area contributed by atoms with Gasteiger partial charge in [0.2, 0.25) is 0 Å². The van der Waals surface area contributed by atoms with Gasteiger partial charge in [-0.05, 0) is 84.0 Å². The minimum Gasteiger partial charge on any atom is -0.314 e. The molecule has 0 spiro atoms. The van der Waals surface area contributed by atoms with Crippen LogP contribution in [0.1, 0.15) is 33.4 Å². The molecule has 1 saturated heterocycles. The smallest absolute Gasteiger partial charge is 0.0270 e. The number of piperazine rings is 1. The lowest BCUT2D eigenvalue weighted by Crippen LogP contribution is -2.42. The Hall–Kier alpha value is -3.01. The molecular weight excluding hydrogens is 426 g/mol. The van der Waals surface area contributed by atoms with E-state index in [9.17, 15) is 0 Å². The molecule has 0 saturated carbocycles. The standard InChI is InChI=1S/C32H37N3/c1-24-6-7-25(2)30(20-24)22-32-29(21-26-12-14-33-15-13-26)4-3-5-31(32)28-10-8-27(9-11-28)23-35-18-16-34-17-19-35/h3-15,20,29,32,34H,16-19,21-23H2,1-2H3. The monoisotopic (exact) mass is 463 g/mol. The molecule has 35 heavy (non-hydrogen) atoms. The van der Waals surface area contributed by atoms with Crippen molar-refractivity contribution in [1.29, 1.82) is 0 Å². The van der Waals surface area contributed by atoms with Gasteiger partial charge in [0.15, 0.2) is 0 Å². The second kappa shape index (κ2) is 11.2. The van der Waals surface area contributed by atoms with E-state index in [4.69, 9.17) is 0 Å². The number of hydrogen-bond donors (Lipinski definition) is 1. The fraction of sp³-hybridized carbons (Fsp3) is 0.344. The Morgan fingerprint density at radius 2 is 1.66 bits per heavy atom. The van der Waals surface area contributed by atoms with Gasteiger partial charge in [0.1, 0.15) is 0 Å². The summed E-state index contributed by atoms with van der Waals surface area (Å²) in [6.45, 7) is 9.94. The summed E-state index contributed by atoms with van der Waals surface area (Å²) in [5.41, 5.74) is 9.76. The number of benzene rings is 2. The maximum absolute atomic E-state index is 4.22. The van der Waals surface area contributed by atoms with E-state index >= 15 is 0 Å². The highest BCUT2D eigenvalue weighted by molar-refractivity contribution is 5.71. The van der Waals surface area contributed by atoms with E-state index in [1.807, 2.05) is 12.4 Å². The fourth-order valence-corrected chi connectivity index (χ4v) is 5.55. The highest BCUT2D eigenvalue weighted by Crippen LogP contribution is 2.38. The number of aromatic nitrogens is 1. The first-order chi connectivity index (χ1) is 17.2. The second-order valence-electron chi connectivity index (χ2n) is 10.2. The van der Waals surface area contributed by atoms with Crippen LogP contribution in [0.3, 0.4) is 0 Å². The van der Waals surface area contributed by atoms with Crippen LogP contribution < -0.4 is 5.32 Å². The van der Waals surface area contributed by atoms with Gasteiger partial charge in [-0.1, -0.05) is 66.3 Å². The van der Waals surface area contributed by atoms with E-state index < -0.39 is 0 Å². The first-order valence-corrected chi connectivity index (χ1v) is 13.0. The van der Waals surface area contributed by atoms with E-state index in [-0.39, 0.29) is 0 Å². The Balaban J connectivity index is 1.41. The summed E-state index contributed by atoms with van der Waals surface area (Å²) in [6, 6.07) is 20.6. The predicted octanol–water partition coefficient (Wildman–Crippen LogP) is 5.77. The molecule has 2 atom stereocenters. The SMILES string of the molecule is Cc1ccc(C)c(CC2C(c3ccc(CN4CCNCC4)cc3)=CC=CC2Cc2ccncc2)c1. The van der Waals surface area contributed by atoms with Gasteiger partial charge in [0.05, 0.1) is 0 Å². The second-order valence-corrected chi connectivity index (χ2v) is 10.2. The highest BCUT2D eigenvalue weighted by atomic mass is 15.2. The van der Waals surface area contributed by atoms with Gasteiger partial charge in [-0.25, -0.2) is 0 Å². The molecule has 1 aliphatic carbocycles. The van der Waals surface area contributed by atoms with Crippen LogP contribution in [0.15, 0.2) is 85.2 Å². The van der Waals surface area contributed by atoms with Crippen molar-refractivity contribution in [1.82, 2.24) is 15.2 Å². The Morgan fingerprint density at radius 1 is 0.886 bits per heavy atom. The molecule has 0 bridgehead atoms. The van der Waals surface area contributed by atoms with Crippen LogP contribution >= 0.6 is 0 Å². The van der Waals surface area contributed by atoms with Crippen molar-refractivity contribution in [3.8, 4) is 0 Å². The molecule has 0 amide bonds. The maximum Gasteiger partial charge on any atom is 0.0270 e. The van der Waals surface area contributed by atoms with Crippen molar-refractivity contribution < 1.29 is 0 Å². The lowest BCUT2D eigenvalue weighted by atomic mass is 9.73. The van der Waals surface area contributed by atoms with Gasteiger partial charge in [-0.2, -0.15) is 0 Å². The van der Waals surface area contributed by atoms with Crippen molar-refractivity contribution in [3.05, 3.63) is 119 Å². The number of allylic oxidation sites excluding steroid dienone is 4. The molecule has 1 fully saturated rings. The minimum atomic E-state index is 0.438. The zero-order valence-corrected chi connectivity index (χ0v) is 21.1. The molecule has 2 aliphatic rings. The Kier molecular flexibility index (Phi) is 7.56. The van der Waals surface area contributed by atoms with Crippen molar-refractivity contribution >= 4 is 5.57 Å². The van der Waals surface area contributed by atoms with Gasteiger partial charge >= 0.3 is 0 Å². The van der Waals surface area contributed by atoms with Crippen LogP contribution in [0.4, 0.5) is 0 Å². The van der Waals surface area contributed by atoms with Crippen molar-refractivity contribution in [2.24, 2.45) is 11.8 Å². The predicted molar refractivity (Wildman–Crippen MR) is 146 cm³/mol. The third-order valence-corrected chi connectivity index (χ3v) is 7.62. The lowest BCUT2D eigenvalue weighted by molar-refractivity contribution is 0.233. The number of nitrogens with one attached hydrogen (secondary N) is 1. The normalized spacial score (nSPS) is 20.6. The first kappa shape index (κ1) is 23.7. The summed E-state index contributed by atoms with van der Waals surface area (Å²) in [5.74, 6) is 0.894. The quantitative estimate of drug-likeness (QED) is 0.482. The molecule has 3 nitrogen and oxygen atoms in total. The summed E-state index contributed by atoms with van der Waals surface area (Å²) in [6.07, 6.45) is 13.0. The largest absolute Gasteiger partial charge is 0.314 e. The molecule has 3 aromatic rings. The molecule has 1 N–H and O–H groups in total. The third-order valence-electron chi connectivity index (χ3n) is 7.62. The topological polar surface area (TPSA) is 28.2 Å². The van der Waals surface area contributed by atoms with Gasteiger partial charge in [-0.15, -0.1) is 0 Å². The molecular formula is C32H37N3. The molecule has 1 aliphatic heterocycles. The Morgan fingerprint density at radius 3 is 2.43 bits per heavy atom. The number of hydrogen-bond acceptors (Lipinski definition) is 3. The van der Waals surface area contributed by atoms with Crippen molar-refractivity contribution in [2.45, 2.75) is 33.2 Å². The van der Waals surface area contributed by atoms with Crippen LogP contribution in [-0.4, -0.2) is 36.1 Å². The van der Waals surface area contributed by atoms with Crippen LogP contribution in [0.25, 0.3) is 5.57 Å². The van der Waals surface area contributed by atoms with Crippen molar-refractivity contribution in [3.63, 3.8) is 0 Å². The van der Waals surface area contributed by atoms with E-state index in [1.54, 1.807) is 0 Å². The number of rotatable bonds is 7. The molecule has 0 radical (unpaired) electrons. The van der Waals surface area contributed by atoms with Crippen LogP contribution in [0, 0.1) is 25.7 Å². The summed E-state index contributed by atoms with van der Waals surface area (Å²) < 4.78 is 0. The van der Waals surface area contributed by atoms with E-state index in [1.165, 1.54) is 39.0 Å². The van der Waals surface area contributed by atoms with Crippen LogP contribution in [-0.2, 0) is 19.4 Å².